The maximum absolute atomic E-state index is 14.2. The number of methoxy groups -OCH3 is 2. The van der Waals surface area contributed by atoms with Crippen LogP contribution in [0.1, 0.15) is 92.0 Å². The molecule has 458 valence electrons. The van der Waals surface area contributed by atoms with Crippen molar-refractivity contribution in [2.24, 2.45) is 10.9 Å². The number of unbranched alkanes of at least 4 members (excludes halogenated alkanes) is 2. The van der Waals surface area contributed by atoms with Gasteiger partial charge in [-0.15, -0.1) is 0 Å². The summed E-state index contributed by atoms with van der Waals surface area (Å²) in [7, 11) is 2.95. The number of nitrogens with zero attached hydrogens (tertiary/aromatic N) is 5. The minimum atomic E-state index is -1.54. The van der Waals surface area contributed by atoms with Gasteiger partial charge in [0.05, 0.1) is 75.2 Å². The second-order valence-corrected chi connectivity index (χ2v) is 21.7. The van der Waals surface area contributed by atoms with Gasteiger partial charge in [0.25, 0.3) is 23.6 Å². The molecule has 0 spiro atoms. The monoisotopic (exact) mass is 1190 g/mol. The number of aliphatic imine (C=N–C) groups is 1. The molecule has 5 aliphatic rings. The van der Waals surface area contributed by atoms with E-state index in [-0.39, 0.29) is 112 Å². The van der Waals surface area contributed by atoms with Crippen molar-refractivity contribution in [2.45, 2.75) is 103 Å². The number of aliphatic hydroxyl groups excluding tert-OH is 1. The molecular weight excluding hydrogens is 1110 g/mol. The van der Waals surface area contributed by atoms with Crippen LogP contribution in [0.3, 0.4) is 0 Å². The highest BCUT2D eigenvalue weighted by Crippen LogP contribution is 2.43. The number of hydrogen-bond donors (Lipinski definition) is 5. The second-order valence-electron chi connectivity index (χ2n) is 21.7. The fourth-order valence-electron chi connectivity index (χ4n) is 10.3. The standard InChI is InChI=1S/C61H73N9O16/c1-35(2)55(66-52(72)18-23-83-24-19-62-51(71)17-20-67-53(73)15-16-54(67)74)57(76)64-38(5)56(75)65-40-13-11-39(12-14-40)34-86-61(80)70-45-30-50(48(82-7)28-43(45)59(78)69-33-37(4)26-46(69)60(70)79)85-22-10-8-9-21-84-49-29-44-42(27-47(49)81-6)58(77)68-32-36(3)25-41(68)31-63-44/h11-16,27-31,35,38,41,46,55,60,79H,3-4,8-10,17-26,32-34H2,1-2,5-7H3,(H,62,71)(H,64,76)(H,65,75)(H,66,72)/t38-,41?,46-,55-,60-/m0/s1. The first-order valence-corrected chi connectivity index (χ1v) is 28.5. The van der Waals surface area contributed by atoms with E-state index in [1.165, 1.54) is 38.2 Å². The first kappa shape index (κ1) is 62.9. The van der Waals surface area contributed by atoms with Crippen LogP contribution >= 0.6 is 0 Å². The van der Waals surface area contributed by atoms with Crippen molar-refractivity contribution in [1.82, 2.24) is 30.7 Å². The third-order valence-electron chi connectivity index (χ3n) is 15.0. The predicted molar refractivity (Wildman–Crippen MR) is 313 cm³/mol. The number of imide groups is 1. The lowest BCUT2D eigenvalue weighted by molar-refractivity contribution is -0.137. The summed E-state index contributed by atoms with van der Waals surface area (Å²) in [6.07, 6.45) is 4.23. The number of benzene rings is 3. The lowest BCUT2D eigenvalue weighted by Gasteiger charge is -2.31. The molecule has 0 aliphatic carbocycles. The van der Waals surface area contributed by atoms with Crippen LogP contribution in [0.25, 0.3) is 0 Å². The number of nitrogens with one attached hydrogen (secondary N) is 4. The summed E-state index contributed by atoms with van der Waals surface area (Å²) >= 11 is 0. The van der Waals surface area contributed by atoms with E-state index < -0.39 is 65.9 Å². The number of ether oxygens (including phenoxy) is 6. The third kappa shape index (κ3) is 15.2. The Morgan fingerprint density at radius 2 is 1.36 bits per heavy atom. The molecule has 3 aromatic rings. The molecule has 2 saturated heterocycles. The van der Waals surface area contributed by atoms with Gasteiger partial charge < -0.3 is 64.6 Å². The molecule has 0 radical (unpaired) electrons. The van der Waals surface area contributed by atoms with Gasteiger partial charge in [0, 0.05) is 75.2 Å². The number of aliphatic hydroxyl groups is 1. The van der Waals surface area contributed by atoms with Crippen molar-refractivity contribution in [3.63, 3.8) is 0 Å². The molecule has 5 atom stereocenters. The van der Waals surface area contributed by atoms with Crippen LogP contribution in [0.5, 0.6) is 23.0 Å². The molecule has 2 fully saturated rings. The minimum Gasteiger partial charge on any atom is -0.493 e. The zero-order valence-electron chi connectivity index (χ0n) is 48.8. The summed E-state index contributed by atoms with van der Waals surface area (Å²) in [6, 6.07) is 9.75. The third-order valence-corrected chi connectivity index (χ3v) is 15.0. The second kappa shape index (κ2) is 28.7. The zero-order chi connectivity index (χ0) is 61.8. The predicted octanol–water partition coefficient (Wildman–Crippen LogP) is 4.49. The molecule has 8 rings (SSSR count). The van der Waals surface area contributed by atoms with Gasteiger partial charge in [0.15, 0.2) is 29.2 Å². The molecule has 3 aromatic carbocycles. The molecule has 5 heterocycles. The van der Waals surface area contributed by atoms with Gasteiger partial charge in [-0.1, -0.05) is 50.3 Å². The van der Waals surface area contributed by atoms with E-state index in [0.717, 1.165) is 27.5 Å². The average Bonchev–Trinajstić information content (AvgIpc) is 4.12. The summed E-state index contributed by atoms with van der Waals surface area (Å²) in [4.78, 5) is 126. The summed E-state index contributed by atoms with van der Waals surface area (Å²) < 4.78 is 34.8. The summed E-state index contributed by atoms with van der Waals surface area (Å²) in [6.45, 7) is 14.2. The number of hydrogen-bond acceptors (Lipinski definition) is 17. The molecule has 86 heavy (non-hydrogen) atoms. The van der Waals surface area contributed by atoms with Crippen LogP contribution in [0.4, 0.5) is 21.9 Å². The number of amides is 9. The molecule has 0 aromatic heterocycles. The molecule has 0 bridgehead atoms. The Morgan fingerprint density at radius 1 is 0.721 bits per heavy atom. The smallest absolute Gasteiger partial charge is 0.416 e. The van der Waals surface area contributed by atoms with Gasteiger partial charge in [-0.25, -0.2) is 9.69 Å². The van der Waals surface area contributed by atoms with E-state index >= 15 is 0 Å². The van der Waals surface area contributed by atoms with Crippen LogP contribution in [0.15, 0.2) is 90.0 Å². The lowest BCUT2D eigenvalue weighted by Crippen LogP contribution is -2.53. The maximum Gasteiger partial charge on any atom is 0.416 e. The number of anilines is 2. The van der Waals surface area contributed by atoms with Gasteiger partial charge in [-0.05, 0) is 74.8 Å². The summed E-state index contributed by atoms with van der Waals surface area (Å²) in [5.41, 5.74) is 3.62. The topological polar surface area (TPSA) is 303 Å². The van der Waals surface area contributed by atoms with Crippen LogP contribution < -0.4 is 45.1 Å². The molecule has 9 amide bonds. The average molecular weight is 1190 g/mol. The SMILES string of the molecule is C=C1CC2C=Nc3cc(OCCCCCOc4cc5c(cc4OC)C(=O)N4CC(=C)C[C@H]4[C@H](O)N5C(=O)OCc4ccc(NC(=O)[C@H](C)NC(=O)[C@@H](NC(=O)CCOCCNC(=O)CCN5C(=O)C=CC5=O)C(C)C)cc4)c(OC)cc3C(=O)N2C1. The highest BCUT2D eigenvalue weighted by Gasteiger charge is 2.46. The van der Waals surface area contributed by atoms with Crippen molar-refractivity contribution in [3.8, 4) is 23.0 Å². The highest BCUT2D eigenvalue weighted by atomic mass is 16.6. The summed E-state index contributed by atoms with van der Waals surface area (Å²) in [5.74, 6) is -2.53. The fourth-order valence-corrected chi connectivity index (χ4v) is 10.3. The Kier molecular flexibility index (Phi) is 21.0. The van der Waals surface area contributed by atoms with Gasteiger partial charge in [0.2, 0.25) is 23.6 Å². The quantitative estimate of drug-likeness (QED) is 0.0399. The van der Waals surface area contributed by atoms with Crippen LogP contribution in [0.2, 0.25) is 0 Å². The van der Waals surface area contributed by atoms with Gasteiger partial charge >= 0.3 is 6.09 Å². The Bertz CT molecular complexity index is 3180. The van der Waals surface area contributed by atoms with Crippen molar-refractivity contribution in [2.75, 3.05) is 77.0 Å². The Morgan fingerprint density at radius 3 is 2.03 bits per heavy atom. The van der Waals surface area contributed by atoms with Gasteiger partial charge in [0.1, 0.15) is 18.7 Å². The van der Waals surface area contributed by atoms with E-state index in [1.54, 1.807) is 61.4 Å². The first-order chi connectivity index (χ1) is 41.2. The number of carbonyl (C=O) groups is 9. The molecule has 5 N–H and O–H groups in total. The van der Waals surface area contributed by atoms with Crippen molar-refractivity contribution in [1.29, 1.82) is 0 Å². The Labute approximate surface area is 497 Å². The van der Waals surface area contributed by atoms with Crippen molar-refractivity contribution < 1.29 is 76.7 Å². The summed E-state index contributed by atoms with van der Waals surface area (Å²) in [5, 5.41) is 22.6. The number of rotatable bonds is 27. The largest absolute Gasteiger partial charge is 0.493 e. The fraction of sp³-hybridized carbons (Fsp3) is 0.443. The Balaban J connectivity index is 0.798. The lowest BCUT2D eigenvalue weighted by atomic mass is 10.0. The van der Waals surface area contributed by atoms with Crippen molar-refractivity contribution in [3.05, 3.63) is 102 Å². The van der Waals surface area contributed by atoms with E-state index in [9.17, 15) is 48.3 Å². The van der Waals surface area contributed by atoms with Gasteiger partial charge in [-0.3, -0.25) is 48.2 Å². The van der Waals surface area contributed by atoms with E-state index in [2.05, 4.69) is 39.4 Å². The molecular formula is C61H73N9O16. The van der Waals surface area contributed by atoms with Crippen LogP contribution in [0, 0.1) is 5.92 Å². The molecule has 25 nitrogen and oxygen atoms in total. The van der Waals surface area contributed by atoms with Crippen LogP contribution in [-0.2, 0) is 44.8 Å². The maximum atomic E-state index is 14.2. The van der Waals surface area contributed by atoms with E-state index in [1.807, 2.05) is 0 Å². The molecule has 5 aliphatic heterocycles. The van der Waals surface area contributed by atoms with Gasteiger partial charge in [-0.2, -0.15) is 0 Å². The van der Waals surface area contributed by atoms with E-state index in [4.69, 9.17) is 28.4 Å². The molecule has 25 heteroatoms. The number of carbonyl (C=O) groups excluding carboxylic acids is 9. The zero-order valence-corrected chi connectivity index (χ0v) is 48.8. The van der Waals surface area contributed by atoms with Crippen LogP contribution in [-0.4, -0.2) is 177 Å². The van der Waals surface area contributed by atoms with Crippen molar-refractivity contribution >= 4 is 76.6 Å². The molecule has 1 unspecified atom stereocenters. The highest BCUT2D eigenvalue weighted by molar-refractivity contribution is 6.13. The number of fused-ring (bicyclic) bond motifs is 4. The molecule has 0 saturated carbocycles. The first-order valence-electron chi connectivity index (χ1n) is 28.5. The van der Waals surface area contributed by atoms with E-state index in [0.29, 0.717) is 78.4 Å². The normalized spacial score (nSPS) is 18.4. The minimum absolute atomic E-state index is 0.00380. The Hall–Kier alpha value is -9.10.